The number of piperazine rings is 1. The Morgan fingerprint density at radius 3 is 2.41 bits per heavy atom. The highest BCUT2D eigenvalue weighted by Crippen LogP contribution is 2.39. The number of hydrogen-bond acceptors (Lipinski definition) is 10. The number of pyridine rings is 1. The van der Waals surface area contributed by atoms with Gasteiger partial charge in [0.2, 0.25) is 23.6 Å². The lowest BCUT2D eigenvalue weighted by molar-refractivity contribution is -0.134. The summed E-state index contributed by atoms with van der Waals surface area (Å²) in [5.41, 5.74) is 5.45. The van der Waals surface area contributed by atoms with Gasteiger partial charge in [0.25, 0.3) is 12.3 Å². The van der Waals surface area contributed by atoms with E-state index in [1.165, 1.54) is 12.1 Å². The molecule has 4 aliphatic heterocycles. The van der Waals surface area contributed by atoms with E-state index in [4.69, 9.17) is 14.7 Å². The molecule has 5 aromatic rings. The fourth-order valence-electron chi connectivity index (χ4n) is 10.6. The number of amides is 3. The van der Waals surface area contributed by atoms with E-state index in [1.807, 2.05) is 48.9 Å². The molecule has 0 spiro atoms. The lowest BCUT2D eigenvalue weighted by Crippen LogP contribution is -2.60. The first kappa shape index (κ1) is 41.9. The van der Waals surface area contributed by atoms with Gasteiger partial charge in [0.05, 0.1) is 46.6 Å². The number of imidazole rings is 1. The normalized spacial score (nSPS) is 23.3. The summed E-state index contributed by atoms with van der Waals surface area (Å²) in [6.45, 7) is 7.17. The van der Waals surface area contributed by atoms with Crippen LogP contribution in [0.1, 0.15) is 65.3 Å². The fourth-order valence-corrected chi connectivity index (χ4v) is 10.6. The monoisotopic (exact) mass is 882 g/mol. The summed E-state index contributed by atoms with van der Waals surface area (Å²) >= 11 is 0. The van der Waals surface area contributed by atoms with Crippen molar-refractivity contribution in [2.24, 2.45) is 24.8 Å². The van der Waals surface area contributed by atoms with Crippen LogP contribution in [0, 0.1) is 43.2 Å². The Hall–Kier alpha value is -6.04. The second kappa shape index (κ2) is 16.5. The third-order valence-electron chi connectivity index (χ3n) is 13.8. The van der Waals surface area contributed by atoms with Crippen LogP contribution in [0.15, 0.2) is 42.5 Å². The number of imide groups is 1. The highest BCUT2D eigenvalue weighted by atomic mass is 19.3. The number of fused-ring (bicyclic) bond motifs is 9. The van der Waals surface area contributed by atoms with E-state index in [9.17, 15) is 23.2 Å². The van der Waals surface area contributed by atoms with Gasteiger partial charge in [-0.15, -0.1) is 0 Å². The Bertz CT molecular complexity index is 2660. The lowest BCUT2D eigenvalue weighted by Gasteiger charge is -2.47. The van der Waals surface area contributed by atoms with E-state index in [2.05, 4.69) is 20.3 Å². The average Bonchev–Trinajstić information content (AvgIpc) is 3.91. The summed E-state index contributed by atoms with van der Waals surface area (Å²) in [5, 5.41) is 9.87. The topological polar surface area (TPSA) is 143 Å². The van der Waals surface area contributed by atoms with Gasteiger partial charge >= 0.3 is 0 Å². The van der Waals surface area contributed by atoms with Crippen molar-refractivity contribution in [1.29, 1.82) is 0 Å². The van der Waals surface area contributed by atoms with Crippen molar-refractivity contribution >= 4 is 46.1 Å². The predicted octanol–water partition coefficient (Wildman–Crippen LogP) is 6.20. The molecule has 14 nitrogen and oxygen atoms in total. The van der Waals surface area contributed by atoms with E-state index in [0.29, 0.717) is 91.8 Å². The minimum Gasteiger partial charge on any atom is -0.477 e. The van der Waals surface area contributed by atoms with Crippen molar-refractivity contribution in [1.82, 2.24) is 34.5 Å². The molecule has 336 valence electrons. The number of aryl methyl sites for hydroxylation is 3. The van der Waals surface area contributed by atoms with E-state index >= 15 is 8.78 Å². The van der Waals surface area contributed by atoms with Gasteiger partial charge in [-0.05, 0) is 93.8 Å². The molecule has 3 amide bonds. The minimum absolute atomic E-state index is 0.00255. The SMILES string of the molecule is Cc1cc2cc(n1)-c1c(C)nn(C)c1OC[C@H]1CC[C@H](C1)Cn1c(nc3ccc(N4CCN(CC5CN(c6cc(F)c([C@H]7CCC(=O)NC7=O)c(F)c6)C5)[C@H](C(F)F)C4)cc31)NC2=O. The van der Waals surface area contributed by atoms with Crippen molar-refractivity contribution < 1.29 is 36.7 Å². The molecule has 2 aromatic carbocycles. The van der Waals surface area contributed by atoms with Crippen LogP contribution in [0.5, 0.6) is 5.88 Å². The van der Waals surface area contributed by atoms with Gasteiger partial charge in [-0.2, -0.15) is 5.10 Å². The standard InChI is InChI=1S/C46H50F4N10O4/c1-24-12-29-14-36(51-24)40-25(2)55-56(3)45(40)64-23-27-5-4-26(13-27)21-60-37-17-30(6-8-35(37)52-46(60)54-43(29)62)57-10-11-58(38(22-57)42(49)50)18-28-19-59(20-28)31-15-33(47)41(34(48)16-31)32-7-9-39(61)53-44(32)63/h6,8,12,14-17,26-28,32,38,42H,4-5,7,9-11,13,18-23H2,1-3H3,(H,52,54,62)(H,53,61,63)/t26-,27+,32-,38+/m1/s1. The number of anilines is 3. The first-order valence-electron chi connectivity index (χ1n) is 22.1. The molecule has 1 saturated carbocycles. The summed E-state index contributed by atoms with van der Waals surface area (Å²) < 4.78 is 70.5. The van der Waals surface area contributed by atoms with Crippen LogP contribution in [0.25, 0.3) is 22.3 Å². The summed E-state index contributed by atoms with van der Waals surface area (Å²) in [7, 11) is 1.85. The Kier molecular flexibility index (Phi) is 10.8. The van der Waals surface area contributed by atoms with E-state index in [0.717, 1.165) is 41.7 Å². The van der Waals surface area contributed by atoms with Crippen LogP contribution in [0.3, 0.4) is 0 Å². The van der Waals surface area contributed by atoms with Crippen LogP contribution in [0.2, 0.25) is 0 Å². The second-order valence-corrected chi connectivity index (χ2v) is 18.2. The smallest absolute Gasteiger partial charge is 0.258 e. The zero-order valence-electron chi connectivity index (χ0n) is 35.9. The lowest BCUT2D eigenvalue weighted by atomic mass is 9.89. The third kappa shape index (κ3) is 7.83. The molecule has 64 heavy (non-hydrogen) atoms. The first-order valence-corrected chi connectivity index (χ1v) is 22.1. The largest absolute Gasteiger partial charge is 0.477 e. The molecule has 7 heterocycles. The minimum atomic E-state index is -2.61. The summed E-state index contributed by atoms with van der Waals surface area (Å²) in [6, 6.07) is 10.6. The fraction of sp³-hybridized carbons (Fsp3) is 0.478. The van der Waals surface area contributed by atoms with E-state index in [1.54, 1.807) is 21.7 Å². The quantitative estimate of drug-likeness (QED) is 0.150. The third-order valence-corrected chi connectivity index (χ3v) is 13.8. The molecular weight excluding hydrogens is 833 g/mol. The Morgan fingerprint density at radius 1 is 0.859 bits per heavy atom. The van der Waals surface area contributed by atoms with Crippen LogP contribution in [-0.4, -0.2) is 105 Å². The van der Waals surface area contributed by atoms with Gasteiger partial charge in [-0.3, -0.25) is 34.9 Å². The van der Waals surface area contributed by atoms with Crippen LogP contribution < -0.4 is 25.2 Å². The number of hydrogen-bond donors (Lipinski definition) is 2. The summed E-state index contributed by atoms with van der Waals surface area (Å²) in [5.74, 6) is -2.65. The molecule has 18 heteroatoms. The molecule has 2 N–H and O–H groups in total. The number of ether oxygens (including phenoxy) is 1. The maximum atomic E-state index is 15.2. The first-order chi connectivity index (χ1) is 30.8. The maximum absolute atomic E-state index is 15.2. The molecule has 4 atom stereocenters. The van der Waals surface area contributed by atoms with Crippen LogP contribution in [-0.2, 0) is 23.2 Å². The van der Waals surface area contributed by atoms with Gasteiger partial charge in [0.1, 0.15) is 11.6 Å². The van der Waals surface area contributed by atoms with Crippen molar-refractivity contribution in [3.8, 4) is 17.1 Å². The highest BCUT2D eigenvalue weighted by molar-refractivity contribution is 6.05. The Morgan fingerprint density at radius 2 is 1.64 bits per heavy atom. The molecular formula is C46H50F4N10O4. The maximum Gasteiger partial charge on any atom is 0.258 e. The number of alkyl halides is 2. The number of halogens is 4. The molecule has 0 radical (unpaired) electrons. The molecule has 4 bridgehead atoms. The second-order valence-electron chi connectivity index (χ2n) is 18.2. The number of carbonyl (C=O) groups excluding carboxylic acids is 3. The van der Waals surface area contributed by atoms with Crippen molar-refractivity contribution in [3.05, 3.63) is 76.6 Å². The molecule has 5 aliphatic rings. The average molecular weight is 883 g/mol. The van der Waals surface area contributed by atoms with Crippen molar-refractivity contribution in [3.63, 3.8) is 0 Å². The van der Waals surface area contributed by atoms with Crippen molar-refractivity contribution in [2.45, 2.75) is 70.9 Å². The van der Waals surface area contributed by atoms with Gasteiger partial charge in [-0.1, -0.05) is 0 Å². The molecule has 0 unspecified atom stereocenters. The zero-order chi connectivity index (χ0) is 44.6. The van der Waals surface area contributed by atoms with Gasteiger partial charge in [0, 0.05) is 93.4 Å². The molecule has 10 rings (SSSR count). The Labute approximate surface area is 366 Å². The zero-order valence-corrected chi connectivity index (χ0v) is 35.9. The van der Waals surface area contributed by atoms with Gasteiger partial charge in [0.15, 0.2) is 0 Å². The molecule has 4 fully saturated rings. The highest BCUT2D eigenvalue weighted by Gasteiger charge is 2.39. The number of rotatable bonds is 6. The molecule has 1 aliphatic carbocycles. The molecule has 3 aromatic heterocycles. The van der Waals surface area contributed by atoms with Gasteiger partial charge in [-0.25, -0.2) is 27.2 Å². The van der Waals surface area contributed by atoms with Crippen molar-refractivity contribution in [2.75, 3.05) is 61.0 Å². The number of aromatic nitrogens is 5. The van der Waals surface area contributed by atoms with Crippen LogP contribution >= 0.6 is 0 Å². The van der Waals surface area contributed by atoms with Gasteiger partial charge < -0.3 is 19.1 Å². The number of nitrogens with zero attached hydrogens (tertiary/aromatic N) is 8. The molecule has 3 saturated heterocycles. The number of nitrogens with one attached hydrogen (secondary N) is 2. The number of piperidine rings is 1. The summed E-state index contributed by atoms with van der Waals surface area (Å²) in [4.78, 5) is 53.2. The van der Waals surface area contributed by atoms with Crippen LogP contribution in [0.4, 0.5) is 34.9 Å². The number of benzene rings is 2. The number of carbonyl (C=O) groups is 3. The summed E-state index contributed by atoms with van der Waals surface area (Å²) in [6.07, 6.45) is 0.298. The van der Waals surface area contributed by atoms with E-state index < -0.39 is 41.8 Å². The van der Waals surface area contributed by atoms with E-state index in [-0.39, 0.29) is 42.7 Å². The Balaban J connectivity index is 0.853. The predicted molar refractivity (Wildman–Crippen MR) is 231 cm³/mol.